The van der Waals surface area contributed by atoms with E-state index in [0.717, 1.165) is 17.0 Å². The van der Waals surface area contributed by atoms with Crippen molar-refractivity contribution in [3.8, 4) is 0 Å². The molecule has 1 rings (SSSR count). The summed E-state index contributed by atoms with van der Waals surface area (Å²) in [6, 6.07) is 5.51. The van der Waals surface area contributed by atoms with E-state index in [4.69, 9.17) is 11.6 Å². The van der Waals surface area contributed by atoms with Gasteiger partial charge in [0.2, 0.25) is 15.9 Å². The number of nitrogens with zero attached hydrogens (tertiary/aromatic N) is 1. The molecular weight excluding hydrogens is 300 g/mol. The molecule has 0 aromatic heterocycles. The van der Waals surface area contributed by atoms with Crippen LogP contribution in [0.1, 0.15) is 20.3 Å². The lowest BCUT2D eigenvalue weighted by atomic mass is 10.2. The number of anilines is 1. The Hall–Kier alpha value is -1.27. The minimum Gasteiger partial charge on any atom is -0.354 e. The molecule has 1 atom stereocenters. The van der Waals surface area contributed by atoms with Crippen LogP contribution in [0.15, 0.2) is 24.3 Å². The molecule has 20 heavy (non-hydrogen) atoms. The summed E-state index contributed by atoms with van der Waals surface area (Å²) < 4.78 is 25.0. The van der Waals surface area contributed by atoms with Crippen LogP contribution in [0.5, 0.6) is 0 Å². The Kier molecular flexibility index (Phi) is 5.83. The zero-order valence-electron chi connectivity index (χ0n) is 11.8. The van der Waals surface area contributed by atoms with Gasteiger partial charge in [-0.15, -0.1) is 0 Å². The molecule has 0 heterocycles. The molecule has 112 valence electrons. The van der Waals surface area contributed by atoms with E-state index < -0.39 is 16.1 Å². The molecule has 1 amide bonds. The zero-order chi connectivity index (χ0) is 15.3. The molecule has 0 radical (unpaired) electrons. The highest BCUT2D eigenvalue weighted by molar-refractivity contribution is 7.92. The molecule has 0 bridgehead atoms. The van der Waals surface area contributed by atoms with Gasteiger partial charge < -0.3 is 5.32 Å². The summed E-state index contributed by atoms with van der Waals surface area (Å²) in [5.41, 5.74) is 0.413. The highest BCUT2D eigenvalue weighted by Crippen LogP contribution is 2.22. The molecule has 1 N–H and O–H groups in total. The van der Waals surface area contributed by atoms with E-state index in [1.807, 2.05) is 6.92 Å². The highest BCUT2D eigenvalue weighted by atomic mass is 35.5. The first-order valence-electron chi connectivity index (χ1n) is 6.30. The quantitative estimate of drug-likeness (QED) is 0.872. The summed E-state index contributed by atoms with van der Waals surface area (Å²) in [5.74, 6) is -0.327. The first kappa shape index (κ1) is 16.8. The lowest BCUT2D eigenvalue weighted by molar-refractivity contribution is -0.121. The lowest BCUT2D eigenvalue weighted by Gasteiger charge is -2.28. The first-order chi connectivity index (χ1) is 9.27. The van der Waals surface area contributed by atoms with Gasteiger partial charge in [0, 0.05) is 11.6 Å². The third kappa shape index (κ3) is 4.38. The van der Waals surface area contributed by atoms with Gasteiger partial charge in [0.1, 0.15) is 6.04 Å². The molecule has 5 nitrogen and oxygen atoms in total. The van der Waals surface area contributed by atoms with Gasteiger partial charge in [0.05, 0.1) is 11.9 Å². The summed E-state index contributed by atoms with van der Waals surface area (Å²) >= 11 is 5.79. The fourth-order valence-electron chi connectivity index (χ4n) is 1.79. The molecule has 0 spiro atoms. The van der Waals surface area contributed by atoms with Crippen LogP contribution in [0.3, 0.4) is 0 Å². The van der Waals surface area contributed by atoms with Crippen LogP contribution in [0, 0.1) is 0 Å². The van der Waals surface area contributed by atoms with Gasteiger partial charge >= 0.3 is 0 Å². The van der Waals surface area contributed by atoms with Crippen LogP contribution in [-0.2, 0) is 14.8 Å². The van der Waals surface area contributed by atoms with Crippen molar-refractivity contribution in [1.82, 2.24) is 5.32 Å². The zero-order valence-corrected chi connectivity index (χ0v) is 13.3. The summed E-state index contributed by atoms with van der Waals surface area (Å²) in [6.45, 7) is 4.00. The fourth-order valence-corrected chi connectivity index (χ4v) is 3.09. The summed E-state index contributed by atoms with van der Waals surface area (Å²) in [7, 11) is -3.57. The average molecular weight is 319 g/mol. The third-order valence-electron chi connectivity index (χ3n) is 2.72. The van der Waals surface area contributed by atoms with E-state index >= 15 is 0 Å². The molecule has 0 aliphatic heterocycles. The maximum Gasteiger partial charge on any atom is 0.243 e. The van der Waals surface area contributed by atoms with Crippen LogP contribution in [0.2, 0.25) is 5.02 Å². The molecule has 0 fully saturated rings. The van der Waals surface area contributed by atoms with Crippen molar-refractivity contribution in [3.05, 3.63) is 29.3 Å². The van der Waals surface area contributed by atoms with Gasteiger partial charge in [-0.2, -0.15) is 0 Å². The number of sulfonamides is 1. The molecule has 1 unspecified atom stereocenters. The number of nitrogens with one attached hydrogen (secondary N) is 1. The molecule has 1 aromatic carbocycles. The van der Waals surface area contributed by atoms with Crippen molar-refractivity contribution in [3.63, 3.8) is 0 Å². The summed E-state index contributed by atoms with van der Waals surface area (Å²) in [5, 5.41) is 3.20. The maximum atomic E-state index is 12.0. The molecular formula is C13H19ClN2O3S. The van der Waals surface area contributed by atoms with Gasteiger partial charge in [-0.05, 0) is 37.6 Å². The highest BCUT2D eigenvalue weighted by Gasteiger charge is 2.28. The van der Waals surface area contributed by atoms with Crippen molar-refractivity contribution >= 4 is 33.2 Å². The number of hydrogen-bond acceptors (Lipinski definition) is 3. The number of carbonyl (C=O) groups is 1. The lowest BCUT2D eigenvalue weighted by Crippen LogP contribution is -2.48. The van der Waals surface area contributed by atoms with Crippen LogP contribution >= 0.6 is 11.6 Å². The largest absolute Gasteiger partial charge is 0.354 e. The van der Waals surface area contributed by atoms with E-state index in [9.17, 15) is 13.2 Å². The molecule has 0 saturated carbocycles. The first-order valence-corrected chi connectivity index (χ1v) is 8.52. The Morgan fingerprint density at radius 3 is 2.35 bits per heavy atom. The topological polar surface area (TPSA) is 66.5 Å². The number of carbonyl (C=O) groups excluding carboxylic acids is 1. The summed E-state index contributed by atoms with van der Waals surface area (Å²) in [4.78, 5) is 12.0. The van der Waals surface area contributed by atoms with Gasteiger partial charge in [-0.25, -0.2) is 8.42 Å². The Morgan fingerprint density at radius 2 is 1.90 bits per heavy atom. The predicted molar refractivity (Wildman–Crippen MR) is 81.5 cm³/mol. The third-order valence-corrected chi connectivity index (χ3v) is 4.21. The van der Waals surface area contributed by atoms with Crippen LogP contribution in [0.4, 0.5) is 5.69 Å². The van der Waals surface area contributed by atoms with Crippen molar-refractivity contribution in [2.45, 2.75) is 26.3 Å². The maximum absolute atomic E-state index is 12.0. The van der Waals surface area contributed by atoms with Gasteiger partial charge in [0.25, 0.3) is 0 Å². The Labute approximate surface area is 125 Å². The number of benzene rings is 1. The number of rotatable bonds is 6. The van der Waals surface area contributed by atoms with Crippen LogP contribution < -0.4 is 9.62 Å². The SMILES string of the molecule is CCCNC(=O)C(C)N(c1ccc(Cl)cc1)S(C)(=O)=O. The monoisotopic (exact) mass is 318 g/mol. The Bertz CT molecular complexity index is 557. The molecule has 0 aliphatic rings. The van der Waals surface area contributed by atoms with Crippen molar-refractivity contribution < 1.29 is 13.2 Å². The minimum absolute atomic E-state index is 0.327. The van der Waals surface area contributed by atoms with Gasteiger partial charge in [-0.1, -0.05) is 18.5 Å². The smallest absolute Gasteiger partial charge is 0.243 e. The molecule has 0 aliphatic carbocycles. The van der Waals surface area contributed by atoms with E-state index in [-0.39, 0.29) is 5.91 Å². The van der Waals surface area contributed by atoms with Crippen molar-refractivity contribution in [2.24, 2.45) is 0 Å². The van der Waals surface area contributed by atoms with Gasteiger partial charge in [0.15, 0.2) is 0 Å². The molecule has 7 heteroatoms. The van der Waals surface area contributed by atoms with E-state index in [2.05, 4.69) is 5.32 Å². The van der Waals surface area contributed by atoms with Crippen molar-refractivity contribution in [1.29, 1.82) is 0 Å². The van der Waals surface area contributed by atoms with E-state index in [0.29, 0.717) is 17.3 Å². The van der Waals surface area contributed by atoms with Crippen LogP contribution in [0.25, 0.3) is 0 Å². The fraction of sp³-hybridized carbons (Fsp3) is 0.462. The second kappa shape index (κ2) is 6.95. The standard InChI is InChI=1S/C13H19ClN2O3S/c1-4-9-15-13(17)10(2)16(20(3,18)19)12-7-5-11(14)6-8-12/h5-8,10H,4,9H2,1-3H3,(H,15,17). The average Bonchev–Trinajstić information content (AvgIpc) is 2.36. The summed E-state index contributed by atoms with van der Waals surface area (Å²) in [6.07, 6.45) is 1.86. The second-order valence-corrected chi connectivity index (χ2v) is 6.80. The molecule has 1 aromatic rings. The number of amides is 1. The number of halogens is 1. The normalized spacial score (nSPS) is 12.8. The van der Waals surface area contributed by atoms with Crippen molar-refractivity contribution in [2.75, 3.05) is 17.1 Å². The van der Waals surface area contributed by atoms with Crippen LogP contribution in [-0.4, -0.2) is 33.2 Å². The Balaban J connectivity index is 3.08. The van der Waals surface area contributed by atoms with E-state index in [1.165, 1.54) is 0 Å². The molecule has 0 saturated heterocycles. The van der Waals surface area contributed by atoms with E-state index in [1.54, 1.807) is 31.2 Å². The second-order valence-electron chi connectivity index (χ2n) is 4.50. The predicted octanol–water partition coefficient (Wildman–Crippen LogP) is 2.02. The van der Waals surface area contributed by atoms with Gasteiger partial charge in [-0.3, -0.25) is 9.10 Å². The minimum atomic E-state index is -3.57. The number of hydrogen-bond donors (Lipinski definition) is 1. The Morgan fingerprint density at radius 1 is 1.35 bits per heavy atom.